The van der Waals surface area contributed by atoms with Crippen molar-refractivity contribution in [2.75, 3.05) is 17.7 Å². The average Bonchev–Trinajstić information content (AvgIpc) is 2.67. The average molecular weight is 348 g/mol. The van der Waals surface area contributed by atoms with Crippen LogP contribution in [-0.2, 0) is 6.54 Å². The third kappa shape index (κ3) is 4.36. The Morgan fingerprint density at radius 1 is 1.08 bits per heavy atom. The first-order chi connectivity index (χ1) is 12.7. The Kier molecular flexibility index (Phi) is 5.43. The van der Waals surface area contributed by atoms with Gasteiger partial charge < -0.3 is 15.4 Å². The second kappa shape index (κ2) is 8.11. The molecule has 3 aromatic rings. The molecule has 0 spiro atoms. The van der Waals surface area contributed by atoms with Crippen LogP contribution in [0.15, 0.2) is 60.9 Å². The van der Waals surface area contributed by atoms with E-state index in [0.29, 0.717) is 23.8 Å². The van der Waals surface area contributed by atoms with Crippen LogP contribution in [-0.4, -0.2) is 23.0 Å². The number of nitrogens with one attached hydrogen (secondary N) is 2. The lowest BCUT2D eigenvalue weighted by Gasteiger charge is -2.10. The molecule has 1 amide bonds. The molecule has 0 bridgehead atoms. The second-order valence-electron chi connectivity index (χ2n) is 5.78. The molecule has 3 rings (SSSR count). The summed E-state index contributed by atoms with van der Waals surface area (Å²) in [6, 6.07) is 15.4. The summed E-state index contributed by atoms with van der Waals surface area (Å²) in [6.45, 7) is 2.70. The lowest BCUT2D eigenvalue weighted by molar-refractivity contribution is 0.102. The predicted octanol–water partition coefficient (Wildman–Crippen LogP) is 3.66. The first-order valence-corrected chi connectivity index (χ1v) is 8.21. The normalized spacial score (nSPS) is 10.2. The molecule has 0 aliphatic heterocycles. The van der Waals surface area contributed by atoms with Crippen molar-refractivity contribution in [2.45, 2.75) is 13.5 Å². The Labute approximate surface area is 152 Å². The fourth-order valence-electron chi connectivity index (χ4n) is 2.49. The summed E-state index contributed by atoms with van der Waals surface area (Å²) >= 11 is 0. The number of amides is 1. The highest BCUT2D eigenvalue weighted by molar-refractivity contribution is 6.03. The van der Waals surface area contributed by atoms with Crippen LogP contribution < -0.4 is 15.4 Å². The summed E-state index contributed by atoms with van der Waals surface area (Å²) in [7, 11) is 1.56. The van der Waals surface area contributed by atoms with Crippen LogP contribution in [0.1, 0.15) is 21.6 Å². The number of rotatable bonds is 6. The Bertz CT molecular complexity index is 894. The second-order valence-corrected chi connectivity index (χ2v) is 5.78. The van der Waals surface area contributed by atoms with Gasteiger partial charge in [0.25, 0.3) is 5.91 Å². The standard InChI is InChI=1S/C20H20N4O2/c1-14-6-5-7-15(10-14)11-22-19-13-21-17(12-23-19)20(25)24-16-8-3-4-9-18(16)26-2/h3-10,12-13H,11H2,1-2H3,(H,22,23)(H,24,25). The highest BCUT2D eigenvalue weighted by Crippen LogP contribution is 2.23. The van der Waals surface area contributed by atoms with Crippen molar-refractivity contribution < 1.29 is 9.53 Å². The molecule has 26 heavy (non-hydrogen) atoms. The van der Waals surface area contributed by atoms with Crippen LogP contribution in [0, 0.1) is 6.92 Å². The molecule has 1 aromatic heterocycles. The number of hydrogen-bond donors (Lipinski definition) is 2. The summed E-state index contributed by atoms with van der Waals surface area (Å²) < 4.78 is 5.22. The summed E-state index contributed by atoms with van der Waals surface area (Å²) in [5.41, 5.74) is 3.18. The lowest BCUT2D eigenvalue weighted by Crippen LogP contribution is -2.15. The largest absolute Gasteiger partial charge is 0.495 e. The van der Waals surface area contributed by atoms with Crippen molar-refractivity contribution >= 4 is 17.4 Å². The van der Waals surface area contributed by atoms with Crippen molar-refractivity contribution in [1.29, 1.82) is 0 Å². The fraction of sp³-hybridized carbons (Fsp3) is 0.150. The number of nitrogens with zero attached hydrogens (tertiary/aromatic N) is 2. The fourth-order valence-corrected chi connectivity index (χ4v) is 2.49. The minimum Gasteiger partial charge on any atom is -0.495 e. The highest BCUT2D eigenvalue weighted by atomic mass is 16.5. The molecule has 132 valence electrons. The molecule has 0 fully saturated rings. The minimum atomic E-state index is -0.341. The van der Waals surface area contributed by atoms with E-state index in [1.54, 1.807) is 25.4 Å². The van der Waals surface area contributed by atoms with Crippen LogP contribution in [0.3, 0.4) is 0 Å². The molecule has 0 aliphatic carbocycles. The van der Waals surface area contributed by atoms with E-state index in [1.165, 1.54) is 11.8 Å². The van der Waals surface area contributed by atoms with Gasteiger partial charge in [0.2, 0.25) is 0 Å². The van der Waals surface area contributed by atoms with Gasteiger partial charge in [0.1, 0.15) is 17.3 Å². The van der Waals surface area contributed by atoms with E-state index >= 15 is 0 Å². The van der Waals surface area contributed by atoms with Crippen LogP contribution in [0.5, 0.6) is 5.75 Å². The van der Waals surface area contributed by atoms with Gasteiger partial charge in [0.05, 0.1) is 25.2 Å². The number of ether oxygens (including phenoxy) is 1. The SMILES string of the molecule is COc1ccccc1NC(=O)c1cnc(NCc2cccc(C)c2)cn1. The molecule has 0 unspecified atom stereocenters. The van der Waals surface area contributed by atoms with Gasteiger partial charge in [-0.1, -0.05) is 42.0 Å². The minimum absolute atomic E-state index is 0.233. The van der Waals surface area contributed by atoms with Crippen molar-refractivity contribution in [2.24, 2.45) is 0 Å². The van der Waals surface area contributed by atoms with Crippen molar-refractivity contribution in [3.63, 3.8) is 0 Å². The smallest absolute Gasteiger partial charge is 0.275 e. The predicted molar refractivity (Wildman–Crippen MR) is 101 cm³/mol. The zero-order chi connectivity index (χ0) is 18.4. The van der Waals surface area contributed by atoms with Crippen molar-refractivity contribution in [1.82, 2.24) is 9.97 Å². The maximum absolute atomic E-state index is 12.3. The molecule has 6 heteroatoms. The van der Waals surface area contributed by atoms with Gasteiger partial charge in [-0.2, -0.15) is 0 Å². The van der Waals surface area contributed by atoms with Gasteiger partial charge >= 0.3 is 0 Å². The number of hydrogen-bond acceptors (Lipinski definition) is 5. The van der Waals surface area contributed by atoms with Crippen molar-refractivity contribution in [3.8, 4) is 5.75 Å². The summed E-state index contributed by atoms with van der Waals surface area (Å²) in [4.78, 5) is 20.8. The number of carbonyl (C=O) groups excluding carboxylic acids is 1. The lowest BCUT2D eigenvalue weighted by atomic mass is 10.1. The molecule has 1 heterocycles. The Morgan fingerprint density at radius 2 is 1.92 bits per heavy atom. The quantitative estimate of drug-likeness (QED) is 0.711. The van der Waals surface area contributed by atoms with Crippen LogP contribution in [0.25, 0.3) is 0 Å². The zero-order valence-electron chi connectivity index (χ0n) is 14.7. The number of para-hydroxylation sites is 2. The molecule has 2 aromatic carbocycles. The molecular formula is C20H20N4O2. The number of anilines is 2. The van der Waals surface area contributed by atoms with E-state index in [1.807, 2.05) is 24.3 Å². The first-order valence-electron chi connectivity index (χ1n) is 8.21. The van der Waals surface area contributed by atoms with Gasteiger partial charge in [-0.25, -0.2) is 9.97 Å². The van der Waals surface area contributed by atoms with E-state index < -0.39 is 0 Å². The third-order valence-electron chi connectivity index (χ3n) is 3.80. The summed E-state index contributed by atoms with van der Waals surface area (Å²) in [6.07, 6.45) is 3.00. The first kappa shape index (κ1) is 17.4. The Balaban J connectivity index is 1.62. The Hall–Kier alpha value is -3.41. The van der Waals surface area contributed by atoms with Gasteiger partial charge in [-0.05, 0) is 24.6 Å². The van der Waals surface area contributed by atoms with E-state index in [2.05, 4.69) is 39.7 Å². The monoisotopic (exact) mass is 348 g/mol. The molecule has 0 saturated heterocycles. The number of benzene rings is 2. The molecular weight excluding hydrogens is 328 g/mol. The number of aromatic nitrogens is 2. The molecule has 0 atom stereocenters. The highest BCUT2D eigenvalue weighted by Gasteiger charge is 2.11. The molecule has 0 aliphatic rings. The maximum atomic E-state index is 12.3. The maximum Gasteiger partial charge on any atom is 0.275 e. The molecule has 6 nitrogen and oxygen atoms in total. The molecule has 0 saturated carbocycles. The van der Waals surface area contributed by atoms with E-state index in [9.17, 15) is 4.79 Å². The third-order valence-corrected chi connectivity index (χ3v) is 3.80. The van der Waals surface area contributed by atoms with Gasteiger partial charge in [0.15, 0.2) is 0 Å². The zero-order valence-corrected chi connectivity index (χ0v) is 14.7. The number of aryl methyl sites for hydroxylation is 1. The van der Waals surface area contributed by atoms with Crippen LogP contribution in [0.4, 0.5) is 11.5 Å². The van der Waals surface area contributed by atoms with Crippen LogP contribution >= 0.6 is 0 Å². The van der Waals surface area contributed by atoms with E-state index in [0.717, 1.165) is 5.56 Å². The molecule has 0 radical (unpaired) electrons. The van der Waals surface area contributed by atoms with Crippen molar-refractivity contribution in [3.05, 3.63) is 77.7 Å². The van der Waals surface area contributed by atoms with Gasteiger partial charge in [-0.15, -0.1) is 0 Å². The summed E-state index contributed by atoms with van der Waals surface area (Å²) in [5, 5.41) is 5.97. The Morgan fingerprint density at radius 3 is 2.65 bits per heavy atom. The number of carbonyl (C=O) groups is 1. The topological polar surface area (TPSA) is 76.1 Å². The summed E-state index contributed by atoms with van der Waals surface area (Å²) in [5.74, 6) is 0.859. The van der Waals surface area contributed by atoms with Gasteiger partial charge in [-0.3, -0.25) is 4.79 Å². The number of methoxy groups -OCH3 is 1. The molecule has 2 N–H and O–H groups in total. The van der Waals surface area contributed by atoms with E-state index in [-0.39, 0.29) is 11.6 Å². The van der Waals surface area contributed by atoms with Crippen LogP contribution in [0.2, 0.25) is 0 Å². The van der Waals surface area contributed by atoms with Gasteiger partial charge in [0, 0.05) is 6.54 Å². The van der Waals surface area contributed by atoms with E-state index in [4.69, 9.17) is 4.74 Å².